The minimum atomic E-state index is -1.34. The molecule has 1 saturated carbocycles. The molecule has 0 radical (unpaired) electrons. The predicted octanol–water partition coefficient (Wildman–Crippen LogP) is 1.94. The highest BCUT2D eigenvalue weighted by molar-refractivity contribution is 6.46. The predicted molar refractivity (Wildman–Crippen MR) is 52.5 cm³/mol. The molecule has 0 aromatic rings. The van der Waals surface area contributed by atoms with E-state index in [1.807, 2.05) is 0 Å². The molecule has 12 heavy (non-hydrogen) atoms. The molecule has 1 rings (SSSR count). The van der Waals surface area contributed by atoms with Gasteiger partial charge in [-0.1, -0.05) is 13.8 Å². The maximum absolute atomic E-state index is 5.42. The zero-order valence-corrected chi connectivity index (χ0v) is 9.69. The molecule has 1 aliphatic carbocycles. The maximum Gasteiger partial charge on any atom is 0.324 e. The molecule has 3 atom stereocenters. The Morgan fingerprint density at radius 3 is 2.00 bits per heavy atom. The van der Waals surface area contributed by atoms with Crippen LogP contribution in [0.4, 0.5) is 0 Å². The highest BCUT2D eigenvalue weighted by Gasteiger charge is 2.36. The zero-order valence-electron chi connectivity index (χ0n) is 8.54. The lowest BCUT2D eigenvalue weighted by Crippen LogP contribution is -2.27. The second kappa shape index (κ2) is 4.39. The summed E-state index contributed by atoms with van der Waals surface area (Å²) in [5.74, 6) is 1.67. The van der Waals surface area contributed by atoms with Gasteiger partial charge in [0.2, 0.25) is 0 Å². The fourth-order valence-corrected chi connectivity index (χ4v) is 4.70. The van der Waals surface area contributed by atoms with Crippen molar-refractivity contribution in [2.75, 3.05) is 14.2 Å². The van der Waals surface area contributed by atoms with E-state index < -0.39 is 9.28 Å². The first-order chi connectivity index (χ1) is 5.69. The Hall–Kier alpha value is 0.137. The lowest BCUT2D eigenvalue weighted by Gasteiger charge is -2.21. The van der Waals surface area contributed by atoms with Crippen molar-refractivity contribution < 1.29 is 8.85 Å². The van der Waals surface area contributed by atoms with E-state index in [1.165, 1.54) is 12.8 Å². The van der Waals surface area contributed by atoms with Gasteiger partial charge in [0.15, 0.2) is 0 Å². The van der Waals surface area contributed by atoms with Crippen molar-refractivity contribution in [3.63, 3.8) is 0 Å². The average molecular weight is 188 g/mol. The Bertz CT molecular complexity index is 136. The quantitative estimate of drug-likeness (QED) is 0.630. The third kappa shape index (κ3) is 2.09. The molecule has 0 aromatic carbocycles. The molecule has 1 fully saturated rings. The van der Waals surface area contributed by atoms with Crippen LogP contribution in [0.1, 0.15) is 26.7 Å². The van der Waals surface area contributed by atoms with Crippen LogP contribution in [-0.2, 0) is 8.85 Å². The van der Waals surface area contributed by atoms with Gasteiger partial charge >= 0.3 is 9.28 Å². The van der Waals surface area contributed by atoms with E-state index in [9.17, 15) is 0 Å². The van der Waals surface area contributed by atoms with Crippen molar-refractivity contribution in [2.24, 2.45) is 11.8 Å². The summed E-state index contributed by atoms with van der Waals surface area (Å²) in [5, 5.41) is 0. The largest absolute Gasteiger partial charge is 0.400 e. The van der Waals surface area contributed by atoms with Crippen LogP contribution in [-0.4, -0.2) is 23.5 Å². The third-order valence-electron chi connectivity index (χ3n) is 2.99. The first-order valence-corrected chi connectivity index (χ1v) is 6.35. The van der Waals surface area contributed by atoms with Gasteiger partial charge in [0, 0.05) is 19.8 Å². The summed E-state index contributed by atoms with van der Waals surface area (Å²) < 4.78 is 10.8. The number of hydrogen-bond donors (Lipinski definition) is 0. The second-order valence-electron chi connectivity index (χ2n) is 4.06. The summed E-state index contributed by atoms with van der Waals surface area (Å²) in [7, 11) is 2.23. The van der Waals surface area contributed by atoms with Crippen LogP contribution < -0.4 is 0 Å². The van der Waals surface area contributed by atoms with Crippen LogP contribution in [0, 0.1) is 11.8 Å². The third-order valence-corrected chi connectivity index (χ3v) is 5.55. The highest BCUT2D eigenvalue weighted by atomic mass is 28.3. The van der Waals surface area contributed by atoms with Gasteiger partial charge in [-0.2, -0.15) is 0 Å². The number of rotatable bonds is 3. The smallest absolute Gasteiger partial charge is 0.324 e. The summed E-state index contributed by atoms with van der Waals surface area (Å²) in [6.07, 6.45) is 2.65. The van der Waals surface area contributed by atoms with Crippen LogP contribution in [0.2, 0.25) is 5.54 Å². The lowest BCUT2D eigenvalue weighted by atomic mass is 10.1. The van der Waals surface area contributed by atoms with Crippen LogP contribution in [0.5, 0.6) is 0 Å². The molecule has 2 nitrogen and oxygen atoms in total. The van der Waals surface area contributed by atoms with Crippen LogP contribution >= 0.6 is 0 Å². The van der Waals surface area contributed by atoms with Gasteiger partial charge < -0.3 is 8.85 Å². The van der Waals surface area contributed by atoms with Crippen molar-refractivity contribution in [3.05, 3.63) is 0 Å². The molecule has 0 saturated heterocycles. The molecule has 3 heteroatoms. The topological polar surface area (TPSA) is 18.5 Å². The van der Waals surface area contributed by atoms with Gasteiger partial charge in [0.1, 0.15) is 0 Å². The summed E-state index contributed by atoms with van der Waals surface area (Å²) >= 11 is 0. The standard InChI is InChI=1S/C9H20O2Si/c1-7-5-8(2)9(6-7)12(10-3)11-4/h7-9,12H,5-6H2,1-4H3. The maximum atomic E-state index is 5.42. The monoisotopic (exact) mass is 188 g/mol. The average Bonchev–Trinajstić information content (AvgIpc) is 2.34. The summed E-state index contributed by atoms with van der Waals surface area (Å²) in [6.45, 7) is 4.65. The molecule has 0 aliphatic heterocycles. The lowest BCUT2D eigenvalue weighted by molar-refractivity contribution is 0.257. The van der Waals surface area contributed by atoms with E-state index in [-0.39, 0.29) is 0 Å². The Kier molecular flexibility index (Phi) is 3.74. The van der Waals surface area contributed by atoms with Crippen molar-refractivity contribution in [1.29, 1.82) is 0 Å². The Morgan fingerprint density at radius 2 is 1.67 bits per heavy atom. The number of hydrogen-bond acceptors (Lipinski definition) is 2. The fourth-order valence-electron chi connectivity index (χ4n) is 2.43. The van der Waals surface area contributed by atoms with Crippen LogP contribution in [0.25, 0.3) is 0 Å². The molecule has 0 aromatic heterocycles. The van der Waals surface area contributed by atoms with E-state index in [1.54, 1.807) is 14.2 Å². The van der Waals surface area contributed by atoms with Gasteiger partial charge in [-0.15, -0.1) is 0 Å². The van der Waals surface area contributed by atoms with Gasteiger partial charge in [0.25, 0.3) is 0 Å². The molecule has 0 bridgehead atoms. The van der Waals surface area contributed by atoms with E-state index in [0.717, 1.165) is 17.4 Å². The zero-order chi connectivity index (χ0) is 9.14. The summed E-state index contributed by atoms with van der Waals surface area (Å²) in [6, 6.07) is 0. The molecular formula is C9H20O2Si. The Balaban J connectivity index is 2.50. The minimum Gasteiger partial charge on any atom is -0.400 e. The summed E-state index contributed by atoms with van der Waals surface area (Å²) in [4.78, 5) is 0. The molecule has 0 spiro atoms. The van der Waals surface area contributed by atoms with Crippen molar-refractivity contribution >= 4 is 9.28 Å². The van der Waals surface area contributed by atoms with Crippen molar-refractivity contribution in [2.45, 2.75) is 32.2 Å². The first-order valence-electron chi connectivity index (χ1n) is 4.74. The van der Waals surface area contributed by atoms with Gasteiger partial charge in [-0.25, -0.2) is 0 Å². The van der Waals surface area contributed by atoms with E-state index in [4.69, 9.17) is 8.85 Å². The molecule has 72 valence electrons. The van der Waals surface area contributed by atoms with Crippen LogP contribution in [0.15, 0.2) is 0 Å². The van der Waals surface area contributed by atoms with Gasteiger partial charge in [0.05, 0.1) is 0 Å². The normalized spacial score (nSPS) is 36.2. The Morgan fingerprint density at radius 1 is 1.08 bits per heavy atom. The first kappa shape index (κ1) is 10.2. The Labute approximate surface area is 77.1 Å². The molecule has 0 N–H and O–H groups in total. The molecule has 0 amide bonds. The SMILES string of the molecule is CO[SiH](OC)C1CC(C)CC1C. The second-order valence-corrected chi connectivity index (χ2v) is 6.59. The minimum absolute atomic E-state index is 0.731. The summed E-state index contributed by atoms with van der Waals surface area (Å²) in [5.41, 5.74) is 0.731. The van der Waals surface area contributed by atoms with Crippen LogP contribution in [0.3, 0.4) is 0 Å². The van der Waals surface area contributed by atoms with Gasteiger partial charge in [-0.3, -0.25) is 0 Å². The molecule has 1 aliphatic rings. The van der Waals surface area contributed by atoms with Crippen molar-refractivity contribution in [1.82, 2.24) is 0 Å². The van der Waals surface area contributed by atoms with E-state index in [2.05, 4.69) is 13.8 Å². The van der Waals surface area contributed by atoms with E-state index >= 15 is 0 Å². The van der Waals surface area contributed by atoms with E-state index in [0.29, 0.717) is 0 Å². The van der Waals surface area contributed by atoms with Gasteiger partial charge in [-0.05, 0) is 24.7 Å². The highest BCUT2D eigenvalue weighted by Crippen LogP contribution is 2.42. The molecule has 0 heterocycles. The fraction of sp³-hybridized carbons (Fsp3) is 1.00. The molecule has 3 unspecified atom stereocenters. The molecular weight excluding hydrogens is 168 g/mol. The van der Waals surface area contributed by atoms with Crippen molar-refractivity contribution in [3.8, 4) is 0 Å².